The second kappa shape index (κ2) is 9.30. The zero-order valence-corrected chi connectivity index (χ0v) is 13.9. The summed E-state index contributed by atoms with van der Waals surface area (Å²) in [7, 11) is 0. The summed E-state index contributed by atoms with van der Waals surface area (Å²) in [5.74, 6) is -0.576. The van der Waals surface area contributed by atoms with Gasteiger partial charge in [0.15, 0.2) is 0 Å². The second-order valence-corrected chi connectivity index (χ2v) is 6.09. The summed E-state index contributed by atoms with van der Waals surface area (Å²) in [6.07, 6.45) is 3.23. The topological polar surface area (TPSA) is 61.4 Å². The summed E-state index contributed by atoms with van der Waals surface area (Å²) < 4.78 is 0. The van der Waals surface area contributed by atoms with E-state index in [1.807, 2.05) is 6.07 Å². The zero-order chi connectivity index (χ0) is 16.5. The van der Waals surface area contributed by atoms with Gasteiger partial charge in [-0.25, -0.2) is 0 Å². The maximum Gasteiger partial charge on any atom is 0.309 e. The van der Waals surface area contributed by atoms with E-state index >= 15 is 0 Å². The molecule has 5 heteroatoms. The highest BCUT2D eigenvalue weighted by molar-refractivity contribution is 6.35. The number of hydrogen-bond acceptors (Lipinski definition) is 3. The molecule has 1 aromatic rings. The van der Waals surface area contributed by atoms with Gasteiger partial charge in [0.1, 0.15) is 0 Å². The lowest BCUT2D eigenvalue weighted by Gasteiger charge is -2.32. The summed E-state index contributed by atoms with van der Waals surface area (Å²) in [5, 5.41) is 5.25. The molecular weight excluding hydrogens is 290 g/mol. The Morgan fingerprint density at radius 3 is 2.39 bits per heavy atom. The maximum absolute atomic E-state index is 11.6. The van der Waals surface area contributed by atoms with E-state index in [1.54, 1.807) is 6.92 Å². The number of carbonyl (C=O) groups is 2. The summed E-state index contributed by atoms with van der Waals surface area (Å²) in [6, 6.07) is 10.6. The van der Waals surface area contributed by atoms with Crippen molar-refractivity contribution in [1.82, 2.24) is 15.5 Å². The normalized spacial score (nSPS) is 16.0. The molecular formula is C18H27N3O2. The van der Waals surface area contributed by atoms with E-state index in [4.69, 9.17) is 0 Å². The Balaban J connectivity index is 1.62. The molecule has 2 N–H and O–H groups in total. The van der Waals surface area contributed by atoms with Crippen molar-refractivity contribution < 1.29 is 9.59 Å². The van der Waals surface area contributed by atoms with Gasteiger partial charge in [0, 0.05) is 19.6 Å². The Kier molecular flexibility index (Phi) is 7.07. The number of benzene rings is 1. The number of rotatable bonds is 6. The summed E-state index contributed by atoms with van der Waals surface area (Å²) in [6.45, 7) is 6.09. The van der Waals surface area contributed by atoms with Crippen molar-refractivity contribution in [3.05, 3.63) is 35.9 Å². The molecule has 1 aliphatic rings. The smallest absolute Gasteiger partial charge is 0.309 e. The van der Waals surface area contributed by atoms with E-state index in [2.05, 4.69) is 39.8 Å². The van der Waals surface area contributed by atoms with Crippen LogP contribution in [0.4, 0.5) is 0 Å². The third kappa shape index (κ3) is 6.02. The lowest BCUT2D eigenvalue weighted by Crippen LogP contribution is -2.44. The van der Waals surface area contributed by atoms with Gasteiger partial charge in [-0.2, -0.15) is 0 Å². The van der Waals surface area contributed by atoms with Gasteiger partial charge >= 0.3 is 11.8 Å². The van der Waals surface area contributed by atoms with Gasteiger partial charge in [-0.3, -0.25) is 9.59 Å². The molecule has 0 spiro atoms. The molecule has 2 amide bonds. The van der Waals surface area contributed by atoms with E-state index in [-0.39, 0.29) is 0 Å². The number of likely N-dealkylation sites (N-methyl/N-ethyl adjacent to an activating group) is 1. The van der Waals surface area contributed by atoms with Crippen LogP contribution in [-0.4, -0.2) is 49.4 Å². The van der Waals surface area contributed by atoms with Crippen molar-refractivity contribution in [1.29, 1.82) is 0 Å². The molecule has 23 heavy (non-hydrogen) atoms. The molecule has 0 saturated carbocycles. The van der Waals surface area contributed by atoms with Crippen molar-refractivity contribution in [2.24, 2.45) is 5.92 Å². The lowest BCUT2D eigenvalue weighted by atomic mass is 9.96. The number of amides is 2. The minimum absolute atomic E-state index is 0.473. The third-order valence-electron chi connectivity index (χ3n) is 4.36. The standard InChI is InChI=1S/C18H27N3O2/c1-2-19-17(22)18(23)20-14-16-9-12-21(13-10-16)11-8-15-6-4-3-5-7-15/h3-7,16H,2,8-14H2,1H3,(H,19,22)(H,20,23). The third-order valence-corrected chi connectivity index (χ3v) is 4.36. The predicted octanol–water partition coefficient (Wildman–Crippen LogP) is 1.19. The highest BCUT2D eigenvalue weighted by Crippen LogP contribution is 2.16. The number of piperidine rings is 1. The van der Waals surface area contributed by atoms with Crippen molar-refractivity contribution in [3.8, 4) is 0 Å². The number of likely N-dealkylation sites (tertiary alicyclic amines) is 1. The van der Waals surface area contributed by atoms with Gasteiger partial charge in [-0.05, 0) is 50.8 Å². The highest BCUT2D eigenvalue weighted by Gasteiger charge is 2.20. The van der Waals surface area contributed by atoms with Crippen LogP contribution < -0.4 is 10.6 Å². The Bertz CT molecular complexity index is 496. The van der Waals surface area contributed by atoms with Gasteiger partial charge in [0.25, 0.3) is 0 Å². The van der Waals surface area contributed by atoms with Crippen LogP contribution in [0, 0.1) is 5.92 Å². The van der Waals surface area contributed by atoms with Crippen molar-refractivity contribution in [2.75, 3.05) is 32.7 Å². The SMILES string of the molecule is CCNC(=O)C(=O)NCC1CCN(CCc2ccccc2)CC1. The van der Waals surface area contributed by atoms with Crippen LogP contribution in [0.15, 0.2) is 30.3 Å². The van der Waals surface area contributed by atoms with Gasteiger partial charge in [0.2, 0.25) is 0 Å². The van der Waals surface area contributed by atoms with Crippen molar-refractivity contribution in [2.45, 2.75) is 26.2 Å². The summed E-state index contributed by atoms with van der Waals surface area (Å²) >= 11 is 0. The van der Waals surface area contributed by atoms with Gasteiger partial charge in [-0.1, -0.05) is 30.3 Å². The first-order valence-corrected chi connectivity index (χ1v) is 8.51. The van der Waals surface area contributed by atoms with E-state index < -0.39 is 11.8 Å². The molecule has 0 bridgehead atoms. The molecule has 0 aliphatic carbocycles. The lowest BCUT2D eigenvalue weighted by molar-refractivity contribution is -0.139. The Morgan fingerprint density at radius 2 is 1.74 bits per heavy atom. The maximum atomic E-state index is 11.6. The predicted molar refractivity (Wildman–Crippen MR) is 91.0 cm³/mol. The van der Waals surface area contributed by atoms with E-state index in [0.717, 1.165) is 38.9 Å². The molecule has 0 atom stereocenters. The first-order chi connectivity index (χ1) is 11.2. The molecule has 0 radical (unpaired) electrons. The van der Waals surface area contributed by atoms with E-state index in [1.165, 1.54) is 5.56 Å². The van der Waals surface area contributed by atoms with Crippen LogP contribution in [0.25, 0.3) is 0 Å². The molecule has 1 aliphatic heterocycles. The van der Waals surface area contributed by atoms with Crippen molar-refractivity contribution in [3.63, 3.8) is 0 Å². The van der Waals surface area contributed by atoms with Gasteiger partial charge in [0.05, 0.1) is 0 Å². The fourth-order valence-electron chi connectivity index (χ4n) is 2.90. The van der Waals surface area contributed by atoms with Gasteiger partial charge < -0.3 is 15.5 Å². The Hall–Kier alpha value is -1.88. The van der Waals surface area contributed by atoms with Crippen molar-refractivity contribution >= 4 is 11.8 Å². The van der Waals surface area contributed by atoms with E-state index in [0.29, 0.717) is 19.0 Å². The van der Waals surface area contributed by atoms with Crippen LogP contribution in [-0.2, 0) is 16.0 Å². The van der Waals surface area contributed by atoms with Crippen LogP contribution in [0.2, 0.25) is 0 Å². The molecule has 5 nitrogen and oxygen atoms in total. The van der Waals surface area contributed by atoms with Crippen LogP contribution >= 0.6 is 0 Å². The highest BCUT2D eigenvalue weighted by atomic mass is 16.2. The molecule has 1 heterocycles. The first-order valence-electron chi connectivity index (χ1n) is 8.51. The monoisotopic (exact) mass is 317 g/mol. The van der Waals surface area contributed by atoms with E-state index in [9.17, 15) is 9.59 Å². The average Bonchev–Trinajstić information content (AvgIpc) is 2.60. The fourth-order valence-corrected chi connectivity index (χ4v) is 2.90. The summed E-state index contributed by atoms with van der Waals surface area (Å²) in [5.41, 5.74) is 1.38. The Labute approximate surface area is 138 Å². The molecule has 0 aromatic heterocycles. The minimum Gasteiger partial charge on any atom is -0.348 e. The first kappa shape index (κ1) is 17.5. The minimum atomic E-state index is -0.534. The summed E-state index contributed by atoms with van der Waals surface area (Å²) in [4.78, 5) is 25.4. The quantitative estimate of drug-likeness (QED) is 0.775. The zero-order valence-electron chi connectivity index (χ0n) is 13.9. The molecule has 1 aromatic carbocycles. The number of nitrogens with one attached hydrogen (secondary N) is 2. The molecule has 126 valence electrons. The van der Waals surface area contributed by atoms with Crippen LogP contribution in [0.3, 0.4) is 0 Å². The molecule has 0 unspecified atom stereocenters. The largest absolute Gasteiger partial charge is 0.348 e. The second-order valence-electron chi connectivity index (χ2n) is 6.09. The molecule has 2 rings (SSSR count). The fraction of sp³-hybridized carbons (Fsp3) is 0.556. The molecule has 1 saturated heterocycles. The number of nitrogens with zero attached hydrogens (tertiary/aromatic N) is 1. The van der Waals surface area contributed by atoms with Crippen LogP contribution in [0.5, 0.6) is 0 Å². The molecule has 1 fully saturated rings. The van der Waals surface area contributed by atoms with Crippen LogP contribution in [0.1, 0.15) is 25.3 Å². The Morgan fingerprint density at radius 1 is 1.09 bits per heavy atom. The number of carbonyl (C=O) groups excluding carboxylic acids is 2. The average molecular weight is 317 g/mol. The number of hydrogen-bond donors (Lipinski definition) is 2. The van der Waals surface area contributed by atoms with Gasteiger partial charge in [-0.15, -0.1) is 0 Å².